The maximum atomic E-state index is 13.0. The summed E-state index contributed by atoms with van der Waals surface area (Å²) >= 11 is 6.31. The summed E-state index contributed by atoms with van der Waals surface area (Å²) in [5, 5.41) is 0.624. The van der Waals surface area contributed by atoms with E-state index in [1.165, 1.54) is 6.20 Å². The summed E-state index contributed by atoms with van der Waals surface area (Å²) in [6.07, 6.45) is -1.11. The lowest BCUT2D eigenvalue weighted by atomic mass is 10.2. The van der Waals surface area contributed by atoms with Crippen molar-refractivity contribution in [2.24, 2.45) is 0 Å². The van der Waals surface area contributed by atoms with Crippen molar-refractivity contribution < 1.29 is 13.2 Å². The number of aromatic nitrogens is 1. The first-order chi connectivity index (χ1) is 8.43. The molecule has 0 saturated heterocycles. The van der Waals surface area contributed by atoms with Crippen molar-refractivity contribution >= 4 is 37.7 Å². The van der Waals surface area contributed by atoms with Crippen LogP contribution in [0.3, 0.4) is 0 Å². The highest BCUT2D eigenvalue weighted by molar-refractivity contribution is 9.10. The Morgan fingerprint density at radius 2 is 2.06 bits per heavy atom. The van der Waals surface area contributed by atoms with Crippen molar-refractivity contribution in [3.05, 3.63) is 22.3 Å². The van der Waals surface area contributed by atoms with Gasteiger partial charge in [0.25, 0.3) is 0 Å². The summed E-state index contributed by atoms with van der Waals surface area (Å²) in [5.74, 6) is 0.0349. The van der Waals surface area contributed by atoms with Gasteiger partial charge in [-0.1, -0.05) is 15.9 Å². The fourth-order valence-electron chi connectivity index (χ4n) is 1.81. The van der Waals surface area contributed by atoms with Crippen LogP contribution in [0.4, 0.5) is 19.0 Å². The topological polar surface area (TPSA) is 16.1 Å². The fraction of sp³-hybridized carbons (Fsp3) is 0.545. The van der Waals surface area contributed by atoms with Gasteiger partial charge in [0, 0.05) is 28.6 Å². The first kappa shape index (κ1) is 14.1. The predicted molar refractivity (Wildman–Crippen MR) is 71.1 cm³/mol. The van der Waals surface area contributed by atoms with Crippen LogP contribution in [-0.2, 0) is 6.18 Å². The quantitative estimate of drug-likeness (QED) is 0.719. The molecular formula is C11H11Br2F3N2. The summed E-state index contributed by atoms with van der Waals surface area (Å²) in [6.45, 7) is 0.530. The highest BCUT2D eigenvalue weighted by Crippen LogP contribution is 2.40. The van der Waals surface area contributed by atoms with Crippen molar-refractivity contribution in [2.75, 3.05) is 16.8 Å². The Hall–Kier alpha value is -0.300. The number of hydrogen-bond acceptors (Lipinski definition) is 2. The number of hydrogen-bond donors (Lipinski definition) is 0. The lowest BCUT2D eigenvalue weighted by Gasteiger charge is -2.25. The van der Waals surface area contributed by atoms with E-state index in [-0.39, 0.29) is 11.9 Å². The Labute approximate surface area is 120 Å². The zero-order valence-corrected chi connectivity index (χ0v) is 12.5. The van der Waals surface area contributed by atoms with Gasteiger partial charge in [-0.3, -0.25) is 0 Å². The van der Waals surface area contributed by atoms with Crippen LogP contribution in [0.1, 0.15) is 18.4 Å². The maximum absolute atomic E-state index is 13.0. The molecule has 1 aliphatic rings. The molecule has 0 spiro atoms. The summed E-state index contributed by atoms with van der Waals surface area (Å²) in [5.41, 5.74) is -0.676. The van der Waals surface area contributed by atoms with Gasteiger partial charge in [-0.2, -0.15) is 13.2 Å². The molecule has 1 fully saturated rings. The lowest BCUT2D eigenvalue weighted by molar-refractivity contribution is -0.137. The highest BCUT2D eigenvalue weighted by atomic mass is 79.9. The van der Waals surface area contributed by atoms with E-state index >= 15 is 0 Å². The SMILES string of the molecule is FC(F)(F)c1cc(Br)cnc1N(CCBr)C1CC1. The van der Waals surface area contributed by atoms with E-state index < -0.39 is 11.7 Å². The van der Waals surface area contributed by atoms with Crippen LogP contribution in [0.5, 0.6) is 0 Å². The Bertz CT molecular complexity index is 433. The largest absolute Gasteiger partial charge is 0.419 e. The number of nitrogens with zero attached hydrogens (tertiary/aromatic N) is 2. The van der Waals surface area contributed by atoms with Crippen molar-refractivity contribution in [1.29, 1.82) is 0 Å². The molecule has 0 radical (unpaired) electrons. The molecule has 1 aliphatic carbocycles. The van der Waals surface area contributed by atoms with Crippen molar-refractivity contribution in [2.45, 2.75) is 25.1 Å². The number of anilines is 1. The Morgan fingerprint density at radius 1 is 1.39 bits per heavy atom. The minimum Gasteiger partial charge on any atom is -0.352 e. The summed E-state index contributed by atoms with van der Waals surface area (Å²) < 4.78 is 39.4. The molecule has 1 saturated carbocycles. The number of pyridine rings is 1. The third-order valence-electron chi connectivity index (χ3n) is 2.72. The third-order valence-corrected chi connectivity index (χ3v) is 3.51. The number of halogens is 5. The van der Waals surface area contributed by atoms with Gasteiger partial charge in [0.1, 0.15) is 5.82 Å². The molecule has 1 aromatic heterocycles. The molecule has 0 atom stereocenters. The van der Waals surface area contributed by atoms with E-state index in [2.05, 4.69) is 36.8 Å². The molecule has 7 heteroatoms. The van der Waals surface area contributed by atoms with Gasteiger partial charge < -0.3 is 4.90 Å². The molecule has 0 bridgehead atoms. The monoisotopic (exact) mass is 386 g/mol. The first-order valence-electron chi connectivity index (χ1n) is 5.49. The minimum atomic E-state index is -4.38. The van der Waals surface area contributed by atoms with Gasteiger partial charge in [0.15, 0.2) is 0 Å². The van der Waals surface area contributed by atoms with Gasteiger partial charge in [-0.15, -0.1) is 0 Å². The van der Waals surface area contributed by atoms with Gasteiger partial charge >= 0.3 is 6.18 Å². The fourth-order valence-corrected chi connectivity index (χ4v) is 2.52. The molecular weight excluding hydrogens is 377 g/mol. The van der Waals surface area contributed by atoms with Gasteiger partial charge in [-0.05, 0) is 34.8 Å². The van der Waals surface area contributed by atoms with Crippen molar-refractivity contribution in [1.82, 2.24) is 4.98 Å². The number of rotatable bonds is 4. The molecule has 0 aromatic carbocycles. The Balaban J connectivity index is 2.41. The maximum Gasteiger partial charge on any atom is 0.419 e. The normalized spacial score (nSPS) is 15.8. The number of alkyl halides is 4. The lowest BCUT2D eigenvalue weighted by Crippen LogP contribution is -2.31. The van der Waals surface area contributed by atoms with E-state index in [1.54, 1.807) is 4.90 Å². The van der Waals surface area contributed by atoms with E-state index in [0.29, 0.717) is 16.3 Å². The molecule has 2 rings (SSSR count). The molecule has 0 amide bonds. The second kappa shape index (κ2) is 5.36. The molecule has 0 unspecified atom stereocenters. The van der Waals surface area contributed by atoms with E-state index in [9.17, 15) is 13.2 Å². The Kier molecular flexibility index (Phi) is 4.21. The van der Waals surface area contributed by atoms with Gasteiger partial charge in [0.2, 0.25) is 0 Å². The standard InChI is InChI=1S/C11H11Br2F3N2/c12-3-4-18(8-1-2-8)10-9(11(14,15)16)5-7(13)6-17-10/h5-6,8H,1-4H2. The molecule has 100 valence electrons. The van der Waals surface area contributed by atoms with Crippen LogP contribution < -0.4 is 4.90 Å². The van der Waals surface area contributed by atoms with E-state index in [0.717, 1.165) is 18.9 Å². The van der Waals surface area contributed by atoms with Crippen LogP contribution in [0, 0.1) is 0 Å². The van der Waals surface area contributed by atoms with Crippen LogP contribution in [0.2, 0.25) is 0 Å². The Morgan fingerprint density at radius 3 is 2.56 bits per heavy atom. The van der Waals surface area contributed by atoms with E-state index in [1.807, 2.05) is 0 Å². The second-order valence-corrected chi connectivity index (χ2v) is 5.84. The van der Waals surface area contributed by atoms with Crippen LogP contribution >= 0.6 is 31.9 Å². The molecule has 1 aromatic rings. The predicted octanol–water partition coefficient (Wildman–Crippen LogP) is 4.23. The van der Waals surface area contributed by atoms with Gasteiger partial charge in [0.05, 0.1) is 5.56 Å². The smallest absolute Gasteiger partial charge is 0.352 e. The third kappa shape index (κ3) is 3.17. The average molecular weight is 388 g/mol. The molecule has 2 nitrogen and oxygen atoms in total. The molecule has 0 N–H and O–H groups in total. The molecule has 1 heterocycles. The molecule has 0 aliphatic heterocycles. The zero-order chi connectivity index (χ0) is 13.3. The van der Waals surface area contributed by atoms with Crippen molar-refractivity contribution in [3.8, 4) is 0 Å². The highest BCUT2D eigenvalue weighted by Gasteiger charge is 2.39. The summed E-state index contributed by atoms with van der Waals surface area (Å²) in [7, 11) is 0. The molecule has 18 heavy (non-hydrogen) atoms. The summed E-state index contributed by atoms with van der Waals surface area (Å²) in [6, 6.07) is 1.28. The van der Waals surface area contributed by atoms with Crippen LogP contribution in [0.25, 0.3) is 0 Å². The van der Waals surface area contributed by atoms with E-state index in [4.69, 9.17) is 0 Å². The zero-order valence-electron chi connectivity index (χ0n) is 9.34. The second-order valence-electron chi connectivity index (χ2n) is 4.14. The van der Waals surface area contributed by atoms with Crippen LogP contribution in [0.15, 0.2) is 16.7 Å². The average Bonchev–Trinajstić information content (AvgIpc) is 3.09. The first-order valence-corrected chi connectivity index (χ1v) is 7.40. The van der Waals surface area contributed by atoms with Gasteiger partial charge in [-0.25, -0.2) is 4.98 Å². The minimum absolute atomic E-state index is 0.0349. The van der Waals surface area contributed by atoms with Crippen molar-refractivity contribution in [3.63, 3.8) is 0 Å². The van der Waals surface area contributed by atoms with Crippen LogP contribution in [-0.4, -0.2) is 22.9 Å². The summed E-state index contributed by atoms with van der Waals surface area (Å²) in [4.78, 5) is 5.70.